The van der Waals surface area contributed by atoms with Crippen molar-refractivity contribution in [3.8, 4) is 0 Å². The molecule has 1 N–H and O–H groups in total. The summed E-state index contributed by atoms with van der Waals surface area (Å²) in [7, 11) is 0. The molecule has 0 aliphatic heterocycles. The third-order valence-electron chi connectivity index (χ3n) is 5.37. The van der Waals surface area contributed by atoms with Gasteiger partial charge in [0.1, 0.15) is 5.78 Å². The zero-order valence-corrected chi connectivity index (χ0v) is 11.6. The third-order valence-corrected chi connectivity index (χ3v) is 5.37. The van der Waals surface area contributed by atoms with Crippen LogP contribution >= 0.6 is 0 Å². The second-order valence-corrected chi connectivity index (χ2v) is 7.21. The molecule has 2 fully saturated rings. The van der Waals surface area contributed by atoms with Crippen molar-refractivity contribution in [3.05, 3.63) is 0 Å². The smallest absolute Gasteiger partial charge is 0.135 e. The highest BCUT2D eigenvalue weighted by Gasteiger charge is 2.54. The summed E-state index contributed by atoms with van der Waals surface area (Å²) in [5.41, 5.74) is -0.290. The first-order chi connectivity index (χ1) is 7.74. The van der Waals surface area contributed by atoms with Gasteiger partial charge in [-0.2, -0.15) is 0 Å². The van der Waals surface area contributed by atoms with Gasteiger partial charge in [0.2, 0.25) is 0 Å². The lowest BCUT2D eigenvalue weighted by Crippen LogP contribution is -2.54. The summed E-state index contributed by atoms with van der Waals surface area (Å²) in [5.74, 6) is 1.51. The number of fused-ring (bicyclic) bond motifs is 1. The molecule has 2 rings (SSSR count). The predicted octanol–water partition coefficient (Wildman–Crippen LogP) is 3.18. The van der Waals surface area contributed by atoms with E-state index in [4.69, 9.17) is 0 Å². The third kappa shape index (κ3) is 2.29. The number of hydrogen-bond acceptors (Lipinski definition) is 2. The topological polar surface area (TPSA) is 37.3 Å². The molecule has 0 amide bonds. The Morgan fingerprint density at radius 1 is 1.18 bits per heavy atom. The van der Waals surface area contributed by atoms with Crippen LogP contribution in [0.3, 0.4) is 0 Å². The molecule has 98 valence electrons. The summed E-state index contributed by atoms with van der Waals surface area (Å²) in [5, 5.41) is 10.6. The normalized spacial score (nSPS) is 46.2. The van der Waals surface area contributed by atoms with Gasteiger partial charge in [-0.05, 0) is 49.9 Å². The fourth-order valence-corrected chi connectivity index (χ4v) is 3.89. The number of carbonyl (C=O) groups is 1. The van der Waals surface area contributed by atoms with E-state index in [1.54, 1.807) is 0 Å². The molecule has 2 aliphatic rings. The van der Waals surface area contributed by atoms with Crippen molar-refractivity contribution >= 4 is 5.78 Å². The van der Waals surface area contributed by atoms with Crippen molar-refractivity contribution in [1.82, 2.24) is 0 Å². The van der Waals surface area contributed by atoms with Gasteiger partial charge in [0.05, 0.1) is 5.60 Å². The Balaban J connectivity index is 2.18. The van der Waals surface area contributed by atoms with E-state index in [0.717, 1.165) is 19.3 Å². The average Bonchev–Trinajstić information content (AvgIpc) is 2.24. The largest absolute Gasteiger partial charge is 0.390 e. The van der Waals surface area contributed by atoms with Crippen LogP contribution < -0.4 is 0 Å². The minimum absolute atomic E-state index is 0.181. The zero-order valence-electron chi connectivity index (χ0n) is 11.6. The van der Waals surface area contributed by atoms with Crippen molar-refractivity contribution in [2.75, 3.05) is 0 Å². The number of aliphatic hydroxyl groups is 1. The lowest BCUT2D eigenvalue weighted by atomic mass is 9.50. The van der Waals surface area contributed by atoms with Crippen molar-refractivity contribution < 1.29 is 9.90 Å². The molecule has 0 bridgehead atoms. The predicted molar refractivity (Wildman–Crippen MR) is 68.6 cm³/mol. The molecule has 2 aliphatic carbocycles. The quantitative estimate of drug-likeness (QED) is 0.703. The van der Waals surface area contributed by atoms with E-state index in [2.05, 4.69) is 13.8 Å². The number of ketones is 1. The van der Waals surface area contributed by atoms with Gasteiger partial charge in [0, 0.05) is 12.3 Å². The van der Waals surface area contributed by atoms with Crippen LogP contribution in [0.4, 0.5) is 0 Å². The van der Waals surface area contributed by atoms with E-state index in [1.165, 1.54) is 0 Å². The van der Waals surface area contributed by atoms with E-state index in [-0.39, 0.29) is 5.92 Å². The van der Waals surface area contributed by atoms with Crippen LogP contribution in [0.2, 0.25) is 0 Å². The van der Waals surface area contributed by atoms with Crippen LogP contribution in [0.25, 0.3) is 0 Å². The summed E-state index contributed by atoms with van der Waals surface area (Å²) >= 11 is 0. The second-order valence-electron chi connectivity index (χ2n) is 7.21. The number of Topliss-reactive ketones (excluding diaryl/α,β-unsaturated/α-hetero) is 1. The molecule has 0 saturated heterocycles. The Kier molecular flexibility index (Phi) is 3.14. The molecule has 0 heterocycles. The standard InChI is InChI=1S/C15H26O2/c1-10-5-6-11-12(9-14(11,2)3)15(4,17)8-7-13(10)16/h10-12,17H,5-9H2,1-4H3/t10?,11-,12+,15-/m1/s1. The molecule has 1 unspecified atom stereocenters. The Labute approximate surface area is 105 Å². The molecule has 0 aromatic rings. The first kappa shape index (κ1) is 13.1. The summed E-state index contributed by atoms with van der Waals surface area (Å²) in [6.45, 7) is 8.58. The molecular formula is C15H26O2. The van der Waals surface area contributed by atoms with Crippen molar-refractivity contribution in [1.29, 1.82) is 0 Å². The molecule has 2 nitrogen and oxygen atoms in total. The summed E-state index contributed by atoms with van der Waals surface area (Å²) in [6, 6.07) is 0. The Morgan fingerprint density at radius 2 is 1.82 bits per heavy atom. The first-order valence-corrected chi connectivity index (χ1v) is 6.99. The lowest BCUT2D eigenvalue weighted by molar-refractivity contribution is -0.143. The minimum Gasteiger partial charge on any atom is -0.390 e. The Bertz CT molecular complexity index is 317. The van der Waals surface area contributed by atoms with Gasteiger partial charge in [-0.3, -0.25) is 4.79 Å². The highest BCUT2D eigenvalue weighted by molar-refractivity contribution is 5.80. The maximum Gasteiger partial charge on any atom is 0.135 e. The maximum atomic E-state index is 11.9. The number of hydrogen-bond donors (Lipinski definition) is 1. The van der Waals surface area contributed by atoms with E-state index < -0.39 is 5.60 Å². The minimum atomic E-state index is -0.639. The average molecular weight is 238 g/mol. The summed E-state index contributed by atoms with van der Waals surface area (Å²) in [6.07, 6.45) is 4.40. The second kappa shape index (κ2) is 4.08. The number of rotatable bonds is 0. The van der Waals surface area contributed by atoms with Gasteiger partial charge in [0.15, 0.2) is 0 Å². The maximum absolute atomic E-state index is 11.9. The van der Waals surface area contributed by atoms with E-state index in [1.807, 2.05) is 13.8 Å². The molecular weight excluding hydrogens is 212 g/mol. The van der Waals surface area contributed by atoms with E-state index >= 15 is 0 Å². The van der Waals surface area contributed by atoms with Crippen molar-refractivity contribution in [3.63, 3.8) is 0 Å². The summed E-state index contributed by atoms with van der Waals surface area (Å²) in [4.78, 5) is 11.9. The van der Waals surface area contributed by atoms with Crippen LogP contribution in [0, 0.1) is 23.2 Å². The molecule has 0 aromatic carbocycles. The van der Waals surface area contributed by atoms with Gasteiger partial charge < -0.3 is 5.11 Å². The molecule has 0 spiro atoms. The number of carbonyl (C=O) groups excluding carboxylic acids is 1. The van der Waals surface area contributed by atoms with Crippen LogP contribution in [-0.4, -0.2) is 16.5 Å². The highest BCUT2D eigenvalue weighted by Crippen LogP contribution is 2.58. The molecule has 2 heteroatoms. The van der Waals surface area contributed by atoms with Gasteiger partial charge >= 0.3 is 0 Å². The fraction of sp³-hybridized carbons (Fsp3) is 0.933. The van der Waals surface area contributed by atoms with Crippen LogP contribution in [0.15, 0.2) is 0 Å². The fourth-order valence-electron chi connectivity index (χ4n) is 3.89. The van der Waals surface area contributed by atoms with Crippen LogP contribution in [-0.2, 0) is 4.79 Å². The highest BCUT2D eigenvalue weighted by atomic mass is 16.3. The Morgan fingerprint density at radius 3 is 2.41 bits per heavy atom. The zero-order chi connectivity index (χ0) is 12.8. The van der Waals surface area contributed by atoms with Crippen LogP contribution in [0.1, 0.15) is 59.8 Å². The van der Waals surface area contributed by atoms with E-state index in [0.29, 0.717) is 35.9 Å². The van der Waals surface area contributed by atoms with E-state index in [9.17, 15) is 9.90 Å². The monoisotopic (exact) mass is 238 g/mol. The van der Waals surface area contributed by atoms with Crippen LogP contribution in [0.5, 0.6) is 0 Å². The first-order valence-electron chi connectivity index (χ1n) is 6.99. The molecule has 17 heavy (non-hydrogen) atoms. The Hall–Kier alpha value is -0.370. The molecule has 2 saturated carbocycles. The SMILES string of the molecule is CC1CC[C@@H]2[C@H](CC2(C)C)[C@](C)(O)CCC1=O. The molecule has 0 aromatic heterocycles. The van der Waals surface area contributed by atoms with Gasteiger partial charge in [-0.15, -0.1) is 0 Å². The molecule has 0 radical (unpaired) electrons. The molecule has 4 atom stereocenters. The van der Waals surface area contributed by atoms with Gasteiger partial charge in [0.25, 0.3) is 0 Å². The van der Waals surface area contributed by atoms with Crippen molar-refractivity contribution in [2.24, 2.45) is 23.2 Å². The van der Waals surface area contributed by atoms with Gasteiger partial charge in [-0.25, -0.2) is 0 Å². The lowest BCUT2D eigenvalue weighted by Gasteiger charge is -2.57. The van der Waals surface area contributed by atoms with Crippen molar-refractivity contribution in [2.45, 2.75) is 65.4 Å². The van der Waals surface area contributed by atoms with Gasteiger partial charge in [-0.1, -0.05) is 20.8 Å². The summed E-state index contributed by atoms with van der Waals surface area (Å²) < 4.78 is 0.